The molecule has 3 rings (SSSR count). The van der Waals surface area contributed by atoms with Crippen LogP contribution in [0.3, 0.4) is 0 Å². The van der Waals surface area contributed by atoms with Gasteiger partial charge in [-0.3, -0.25) is 9.59 Å². The summed E-state index contributed by atoms with van der Waals surface area (Å²) in [6.45, 7) is 1.36. The number of carboxylic acids is 1. The van der Waals surface area contributed by atoms with Gasteiger partial charge in [0.05, 0.1) is 17.9 Å². The molecule has 5 heteroatoms. The number of aliphatic carboxylic acids is 1. The summed E-state index contributed by atoms with van der Waals surface area (Å²) in [6, 6.07) is 0. The van der Waals surface area contributed by atoms with Crippen molar-refractivity contribution in [1.82, 2.24) is 4.90 Å². The number of ether oxygens (including phenoxy) is 1. The highest BCUT2D eigenvalue weighted by atomic mass is 16.5. The highest BCUT2D eigenvalue weighted by molar-refractivity contribution is 5.87. The molecular formula is C15H21NO4. The maximum Gasteiger partial charge on any atom is 0.307 e. The molecule has 5 nitrogen and oxygen atoms in total. The molecule has 0 aromatic heterocycles. The predicted molar refractivity (Wildman–Crippen MR) is 72.0 cm³/mol. The molecule has 1 saturated carbocycles. The Hall–Kier alpha value is -1.36. The third kappa shape index (κ3) is 2.14. The second-order valence-corrected chi connectivity index (χ2v) is 6.10. The molecule has 1 N–H and O–H groups in total. The standard InChI is InChI=1S/C15H21NO4/c1-20-11-4-6-16(7-5-11)14(17)12-9-2-3-10(8-9)13(12)15(18)19/h2-3,9-13H,4-8H2,1H3,(H,18,19)/t9?,10?,12-,13+/m0/s1. The number of carbonyl (C=O) groups excluding carboxylic acids is 1. The first-order valence-electron chi connectivity index (χ1n) is 7.34. The van der Waals surface area contributed by atoms with E-state index in [0.717, 1.165) is 19.3 Å². The van der Waals surface area contributed by atoms with Crippen LogP contribution in [0.4, 0.5) is 0 Å². The Balaban J connectivity index is 1.71. The van der Waals surface area contributed by atoms with Crippen LogP contribution in [-0.2, 0) is 14.3 Å². The number of nitrogens with zero attached hydrogens (tertiary/aromatic N) is 1. The van der Waals surface area contributed by atoms with Crippen LogP contribution in [0.5, 0.6) is 0 Å². The molecule has 0 aromatic carbocycles. The van der Waals surface area contributed by atoms with Crippen molar-refractivity contribution >= 4 is 11.9 Å². The summed E-state index contributed by atoms with van der Waals surface area (Å²) >= 11 is 0. The first-order valence-corrected chi connectivity index (χ1v) is 7.34. The quantitative estimate of drug-likeness (QED) is 0.787. The van der Waals surface area contributed by atoms with E-state index in [1.54, 1.807) is 7.11 Å². The van der Waals surface area contributed by atoms with Crippen molar-refractivity contribution in [2.75, 3.05) is 20.2 Å². The molecule has 3 aliphatic rings. The highest BCUT2D eigenvalue weighted by Gasteiger charge is 2.52. The van der Waals surface area contributed by atoms with E-state index in [-0.39, 0.29) is 29.8 Å². The minimum absolute atomic E-state index is 0.0313. The number of methoxy groups -OCH3 is 1. The van der Waals surface area contributed by atoms with Gasteiger partial charge in [0.1, 0.15) is 0 Å². The van der Waals surface area contributed by atoms with Crippen molar-refractivity contribution < 1.29 is 19.4 Å². The molecule has 0 aromatic rings. The number of carbonyl (C=O) groups is 2. The number of hydrogen-bond donors (Lipinski definition) is 1. The van der Waals surface area contributed by atoms with E-state index >= 15 is 0 Å². The Bertz CT molecular complexity index is 439. The zero-order valence-corrected chi connectivity index (χ0v) is 11.7. The van der Waals surface area contributed by atoms with Crippen LogP contribution in [-0.4, -0.2) is 48.2 Å². The van der Waals surface area contributed by atoms with Gasteiger partial charge in [-0.05, 0) is 31.1 Å². The lowest BCUT2D eigenvalue weighted by atomic mass is 9.82. The summed E-state index contributed by atoms with van der Waals surface area (Å²) < 4.78 is 5.31. The Morgan fingerprint density at radius 1 is 1.15 bits per heavy atom. The van der Waals surface area contributed by atoms with Crippen LogP contribution in [0.15, 0.2) is 12.2 Å². The maximum absolute atomic E-state index is 12.7. The van der Waals surface area contributed by atoms with Gasteiger partial charge in [0, 0.05) is 20.2 Å². The molecule has 110 valence electrons. The number of carboxylic acid groups (broad SMARTS) is 1. The fraction of sp³-hybridized carbons (Fsp3) is 0.733. The van der Waals surface area contributed by atoms with E-state index in [1.807, 2.05) is 17.1 Å². The Morgan fingerprint density at radius 3 is 2.30 bits per heavy atom. The number of rotatable bonds is 3. The second kappa shape index (κ2) is 5.20. The van der Waals surface area contributed by atoms with Gasteiger partial charge >= 0.3 is 5.97 Å². The topological polar surface area (TPSA) is 66.8 Å². The summed E-state index contributed by atoms with van der Waals surface area (Å²) in [6.07, 6.45) is 6.75. The highest BCUT2D eigenvalue weighted by Crippen LogP contribution is 2.48. The van der Waals surface area contributed by atoms with E-state index in [0.29, 0.717) is 13.1 Å². The average molecular weight is 279 g/mol. The summed E-state index contributed by atoms with van der Waals surface area (Å²) in [5.41, 5.74) is 0. The van der Waals surface area contributed by atoms with E-state index < -0.39 is 11.9 Å². The molecule has 4 atom stereocenters. The van der Waals surface area contributed by atoms with Crippen LogP contribution in [0.2, 0.25) is 0 Å². The number of fused-ring (bicyclic) bond motifs is 2. The first-order chi connectivity index (χ1) is 9.61. The molecule has 1 aliphatic heterocycles. The van der Waals surface area contributed by atoms with E-state index in [9.17, 15) is 14.7 Å². The lowest BCUT2D eigenvalue weighted by molar-refractivity contribution is -0.152. The minimum atomic E-state index is -0.827. The van der Waals surface area contributed by atoms with Crippen LogP contribution in [0.1, 0.15) is 19.3 Å². The lowest BCUT2D eigenvalue weighted by Gasteiger charge is -2.35. The summed E-state index contributed by atoms with van der Waals surface area (Å²) in [5.74, 6) is -1.52. The van der Waals surface area contributed by atoms with Crippen LogP contribution < -0.4 is 0 Å². The Morgan fingerprint density at radius 2 is 1.75 bits per heavy atom. The van der Waals surface area contributed by atoms with E-state index in [2.05, 4.69) is 0 Å². The minimum Gasteiger partial charge on any atom is -0.481 e. The Kier molecular flexibility index (Phi) is 3.54. The van der Waals surface area contributed by atoms with Crippen molar-refractivity contribution in [3.63, 3.8) is 0 Å². The third-order valence-corrected chi connectivity index (χ3v) is 5.12. The van der Waals surface area contributed by atoms with Crippen molar-refractivity contribution in [3.8, 4) is 0 Å². The fourth-order valence-electron chi connectivity index (χ4n) is 4.02. The Labute approximate surface area is 118 Å². The van der Waals surface area contributed by atoms with E-state index in [1.165, 1.54) is 0 Å². The van der Waals surface area contributed by atoms with Crippen molar-refractivity contribution in [2.24, 2.45) is 23.7 Å². The molecule has 2 bridgehead atoms. The SMILES string of the molecule is COC1CCN(C(=O)[C@H]2C3C=CC(C3)[C@H]2C(=O)O)CC1. The predicted octanol–water partition coefficient (Wildman–Crippen LogP) is 1.15. The molecule has 0 spiro atoms. The number of likely N-dealkylation sites (tertiary alicyclic amines) is 1. The summed E-state index contributed by atoms with van der Waals surface area (Å²) in [7, 11) is 1.70. The fourth-order valence-corrected chi connectivity index (χ4v) is 4.02. The van der Waals surface area contributed by atoms with Crippen molar-refractivity contribution in [3.05, 3.63) is 12.2 Å². The number of allylic oxidation sites excluding steroid dienone is 2. The van der Waals surface area contributed by atoms with Crippen LogP contribution in [0.25, 0.3) is 0 Å². The number of piperidine rings is 1. The number of hydrogen-bond acceptors (Lipinski definition) is 3. The van der Waals surface area contributed by atoms with Gasteiger partial charge in [0.25, 0.3) is 0 Å². The molecule has 2 aliphatic carbocycles. The van der Waals surface area contributed by atoms with Crippen LogP contribution in [0, 0.1) is 23.7 Å². The monoisotopic (exact) mass is 279 g/mol. The maximum atomic E-state index is 12.7. The smallest absolute Gasteiger partial charge is 0.307 e. The second-order valence-electron chi connectivity index (χ2n) is 6.10. The van der Waals surface area contributed by atoms with Crippen LogP contribution >= 0.6 is 0 Å². The van der Waals surface area contributed by atoms with Gasteiger partial charge in [0.2, 0.25) is 5.91 Å². The zero-order chi connectivity index (χ0) is 14.3. The van der Waals surface area contributed by atoms with Gasteiger partial charge < -0.3 is 14.7 Å². The molecule has 20 heavy (non-hydrogen) atoms. The zero-order valence-electron chi connectivity index (χ0n) is 11.7. The average Bonchev–Trinajstić information content (AvgIpc) is 3.07. The van der Waals surface area contributed by atoms with Crippen molar-refractivity contribution in [1.29, 1.82) is 0 Å². The summed E-state index contributed by atoms with van der Waals surface area (Å²) in [5, 5.41) is 9.41. The molecule has 1 amide bonds. The van der Waals surface area contributed by atoms with Crippen molar-refractivity contribution in [2.45, 2.75) is 25.4 Å². The van der Waals surface area contributed by atoms with Gasteiger partial charge in [0.15, 0.2) is 0 Å². The normalized spacial score (nSPS) is 36.5. The molecule has 1 heterocycles. The lowest BCUT2D eigenvalue weighted by Crippen LogP contribution is -2.47. The van der Waals surface area contributed by atoms with Gasteiger partial charge in [-0.15, -0.1) is 0 Å². The molecular weight excluding hydrogens is 258 g/mol. The largest absolute Gasteiger partial charge is 0.481 e. The number of amides is 1. The summed E-state index contributed by atoms with van der Waals surface area (Å²) in [4.78, 5) is 26.0. The van der Waals surface area contributed by atoms with Gasteiger partial charge in [-0.25, -0.2) is 0 Å². The van der Waals surface area contributed by atoms with E-state index in [4.69, 9.17) is 4.74 Å². The first kappa shape index (κ1) is 13.6. The molecule has 2 unspecified atom stereocenters. The third-order valence-electron chi connectivity index (χ3n) is 5.12. The van der Waals surface area contributed by atoms with Gasteiger partial charge in [-0.2, -0.15) is 0 Å². The molecule has 0 radical (unpaired) electrons. The molecule has 1 saturated heterocycles. The van der Waals surface area contributed by atoms with Gasteiger partial charge in [-0.1, -0.05) is 12.2 Å². The molecule has 2 fully saturated rings.